The molecule has 6 atom stereocenters. The van der Waals surface area contributed by atoms with Crippen molar-refractivity contribution < 1.29 is 28.4 Å². The standard InChI is InChI=1S/C20H39NO6S/c1-5-7-17-15(3)8-9-18(20(17,27-23)14-26-6-2)16(4)19(22)21-10-12-28(24,25)13-11-21/h15-19,22-23H,5-14H2,1-4H3/t15-,16?,17+,18+,19-,20?/m1/s1. The van der Waals surface area contributed by atoms with Gasteiger partial charge in [0.15, 0.2) is 9.84 Å². The van der Waals surface area contributed by atoms with Crippen LogP contribution in [0, 0.1) is 23.7 Å². The molecule has 0 spiro atoms. The third-order valence-corrected chi connectivity index (χ3v) is 8.64. The number of hydrogen-bond donors (Lipinski definition) is 2. The zero-order valence-corrected chi connectivity index (χ0v) is 18.7. The molecule has 7 nitrogen and oxygen atoms in total. The van der Waals surface area contributed by atoms with Gasteiger partial charge in [0.2, 0.25) is 0 Å². The minimum absolute atomic E-state index is 0.0784. The lowest BCUT2D eigenvalue weighted by atomic mass is 9.59. The Kier molecular flexibility index (Phi) is 8.73. The molecule has 2 unspecified atom stereocenters. The summed E-state index contributed by atoms with van der Waals surface area (Å²) >= 11 is 0. The van der Waals surface area contributed by atoms with Crippen LogP contribution >= 0.6 is 0 Å². The Hall–Kier alpha value is -0.250. The monoisotopic (exact) mass is 421 g/mol. The Morgan fingerprint density at radius 1 is 1.21 bits per heavy atom. The molecule has 0 amide bonds. The summed E-state index contributed by atoms with van der Waals surface area (Å²) < 4.78 is 29.2. The number of aliphatic hydroxyl groups excluding tert-OH is 1. The predicted octanol–water partition coefficient (Wildman–Crippen LogP) is 2.40. The molecule has 1 saturated carbocycles. The van der Waals surface area contributed by atoms with Gasteiger partial charge in [-0.15, -0.1) is 0 Å². The molecule has 0 radical (unpaired) electrons. The molecule has 1 heterocycles. The predicted molar refractivity (Wildman–Crippen MR) is 109 cm³/mol. The fraction of sp³-hybridized carbons (Fsp3) is 1.00. The van der Waals surface area contributed by atoms with E-state index in [0.717, 1.165) is 25.7 Å². The van der Waals surface area contributed by atoms with Crippen molar-refractivity contribution in [2.75, 3.05) is 37.8 Å². The molecule has 166 valence electrons. The normalized spacial score (nSPS) is 36.1. The van der Waals surface area contributed by atoms with E-state index in [9.17, 15) is 18.8 Å². The van der Waals surface area contributed by atoms with Crippen molar-refractivity contribution in [3.05, 3.63) is 0 Å². The number of hydrogen-bond acceptors (Lipinski definition) is 7. The summed E-state index contributed by atoms with van der Waals surface area (Å²) in [5.41, 5.74) is -0.855. The first kappa shape index (κ1) is 24.0. The summed E-state index contributed by atoms with van der Waals surface area (Å²) in [6, 6.07) is 0. The van der Waals surface area contributed by atoms with E-state index >= 15 is 0 Å². The molecular weight excluding hydrogens is 382 g/mol. The Balaban J connectivity index is 2.25. The van der Waals surface area contributed by atoms with E-state index in [4.69, 9.17) is 9.62 Å². The lowest BCUT2D eigenvalue weighted by Gasteiger charge is -2.53. The van der Waals surface area contributed by atoms with E-state index in [1.165, 1.54) is 0 Å². The maximum Gasteiger partial charge on any atom is 0.152 e. The van der Waals surface area contributed by atoms with Gasteiger partial charge in [0.25, 0.3) is 0 Å². The van der Waals surface area contributed by atoms with Crippen LogP contribution in [-0.2, 0) is 19.5 Å². The average molecular weight is 422 g/mol. The van der Waals surface area contributed by atoms with Gasteiger partial charge in [0, 0.05) is 25.6 Å². The molecule has 1 saturated heterocycles. The summed E-state index contributed by atoms with van der Waals surface area (Å²) in [5, 5.41) is 21.2. The Bertz CT molecular complexity index is 571. The lowest BCUT2D eigenvalue weighted by molar-refractivity contribution is -0.380. The summed E-state index contributed by atoms with van der Waals surface area (Å²) in [7, 11) is -3.00. The van der Waals surface area contributed by atoms with Crippen LogP contribution in [0.5, 0.6) is 0 Å². The van der Waals surface area contributed by atoms with Gasteiger partial charge in [-0.3, -0.25) is 10.2 Å². The van der Waals surface area contributed by atoms with Gasteiger partial charge < -0.3 is 9.84 Å². The van der Waals surface area contributed by atoms with Crippen molar-refractivity contribution in [2.24, 2.45) is 23.7 Å². The number of aliphatic hydroxyl groups is 1. The Morgan fingerprint density at radius 2 is 1.86 bits per heavy atom. The first-order valence-corrected chi connectivity index (χ1v) is 12.6. The zero-order valence-electron chi connectivity index (χ0n) is 17.8. The highest BCUT2D eigenvalue weighted by Crippen LogP contribution is 2.50. The minimum atomic E-state index is -3.00. The maximum atomic E-state index is 11.7. The lowest BCUT2D eigenvalue weighted by Crippen LogP contribution is -2.60. The largest absolute Gasteiger partial charge is 0.379 e. The Morgan fingerprint density at radius 3 is 2.39 bits per heavy atom. The maximum absolute atomic E-state index is 11.7. The Labute approximate surface area is 170 Å². The van der Waals surface area contributed by atoms with Crippen LogP contribution in [0.25, 0.3) is 0 Å². The second-order valence-corrected chi connectivity index (χ2v) is 11.0. The third kappa shape index (κ3) is 5.08. The first-order chi connectivity index (χ1) is 13.2. The van der Waals surface area contributed by atoms with Gasteiger partial charge >= 0.3 is 0 Å². The molecule has 2 N–H and O–H groups in total. The number of nitrogens with zero attached hydrogens (tertiary/aromatic N) is 1. The molecule has 0 aromatic heterocycles. The molecule has 1 aliphatic heterocycles. The number of ether oxygens (including phenoxy) is 1. The van der Waals surface area contributed by atoms with Gasteiger partial charge in [-0.05, 0) is 43.9 Å². The summed E-state index contributed by atoms with van der Waals surface area (Å²) in [4.78, 5) is 7.12. The van der Waals surface area contributed by atoms with E-state index in [2.05, 4.69) is 13.8 Å². The van der Waals surface area contributed by atoms with Crippen molar-refractivity contribution >= 4 is 9.84 Å². The van der Waals surface area contributed by atoms with Crippen LogP contribution in [0.15, 0.2) is 0 Å². The first-order valence-electron chi connectivity index (χ1n) is 10.7. The SMILES string of the molecule is CCC[C@H]1[C@H](C)CC[C@@H](C(C)[C@@H](O)N2CCS(=O)(=O)CC2)C1(COCC)OO. The summed E-state index contributed by atoms with van der Waals surface area (Å²) in [6.45, 7) is 9.75. The van der Waals surface area contributed by atoms with Crippen molar-refractivity contribution in [2.45, 2.75) is 65.2 Å². The molecule has 2 fully saturated rings. The fourth-order valence-electron chi connectivity index (χ4n) is 5.36. The van der Waals surface area contributed by atoms with Crippen LogP contribution in [-0.4, -0.2) is 73.3 Å². The quantitative estimate of drug-likeness (QED) is 0.436. The molecule has 8 heteroatoms. The number of sulfone groups is 1. The topological polar surface area (TPSA) is 96.3 Å². The van der Waals surface area contributed by atoms with Crippen LogP contribution in [0.4, 0.5) is 0 Å². The fourth-order valence-corrected chi connectivity index (χ4v) is 6.59. The van der Waals surface area contributed by atoms with E-state index in [1.54, 1.807) is 0 Å². The van der Waals surface area contributed by atoms with Crippen molar-refractivity contribution in [1.82, 2.24) is 4.90 Å². The second-order valence-electron chi connectivity index (χ2n) is 8.70. The van der Waals surface area contributed by atoms with E-state index in [1.807, 2.05) is 18.7 Å². The van der Waals surface area contributed by atoms with Crippen LogP contribution in [0.1, 0.15) is 53.4 Å². The van der Waals surface area contributed by atoms with E-state index < -0.39 is 21.7 Å². The van der Waals surface area contributed by atoms with Gasteiger partial charge in [0.1, 0.15) is 11.8 Å². The molecule has 2 aliphatic rings. The molecule has 2 rings (SSSR count). The molecule has 28 heavy (non-hydrogen) atoms. The van der Waals surface area contributed by atoms with Crippen LogP contribution in [0.2, 0.25) is 0 Å². The van der Waals surface area contributed by atoms with Crippen LogP contribution < -0.4 is 0 Å². The third-order valence-electron chi connectivity index (χ3n) is 7.03. The second kappa shape index (κ2) is 10.2. The zero-order chi connectivity index (χ0) is 20.9. The minimum Gasteiger partial charge on any atom is -0.379 e. The van der Waals surface area contributed by atoms with Crippen LogP contribution in [0.3, 0.4) is 0 Å². The summed E-state index contributed by atoms with van der Waals surface area (Å²) in [6.07, 6.45) is 2.99. The average Bonchev–Trinajstić information content (AvgIpc) is 2.67. The molecule has 0 aromatic rings. The number of rotatable bonds is 9. The van der Waals surface area contributed by atoms with Gasteiger partial charge in [-0.25, -0.2) is 13.3 Å². The highest BCUT2D eigenvalue weighted by molar-refractivity contribution is 7.91. The molecular formula is C20H39NO6S. The van der Waals surface area contributed by atoms with Crippen molar-refractivity contribution in [1.29, 1.82) is 0 Å². The smallest absolute Gasteiger partial charge is 0.152 e. The summed E-state index contributed by atoms with van der Waals surface area (Å²) in [5.74, 6) is 0.442. The highest BCUT2D eigenvalue weighted by atomic mass is 32.2. The molecule has 0 aromatic carbocycles. The van der Waals surface area contributed by atoms with Crippen molar-refractivity contribution in [3.8, 4) is 0 Å². The van der Waals surface area contributed by atoms with E-state index in [-0.39, 0.29) is 29.3 Å². The van der Waals surface area contributed by atoms with E-state index in [0.29, 0.717) is 32.2 Å². The van der Waals surface area contributed by atoms with Crippen molar-refractivity contribution in [3.63, 3.8) is 0 Å². The van der Waals surface area contributed by atoms with Gasteiger partial charge in [-0.2, -0.15) is 0 Å². The molecule has 0 bridgehead atoms. The molecule has 1 aliphatic carbocycles. The van der Waals surface area contributed by atoms with Gasteiger partial charge in [-0.1, -0.05) is 27.2 Å². The highest BCUT2D eigenvalue weighted by Gasteiger charge is 2.55. The van der Waals surface area contributed by atoms with Gasteiger partial charge in [0.05, 0.1) is 18.1 Å².